The zero-order valence-corrected chi connectivity index (χ0v) is 10.1. The second-order valence-electron chi connectivity index (χ2n) is 3.26. The molecule has 1 heterocycles. The first kappa shape index (κ1) is 11.4. The predicted octanol–water partition coefficient (Wildman–Crippen LogP) is 2.66. The van der Waals surface area contributed by atoms with Crippen molar-refractivity contribution in [2.24, 2.45) is 0 Å². The van der Waals surface area contributed by atoms with Gasteiger partial charge in [0.15, 0.2) is 5.16 Å². The van der Waals surface area contributed by atoms with Crippen LogP contribution in [0.3, 0.4) is 0 Å². The van der Waals surface area contributed by atoms with Crippen molar-refractivity contribution < 1.29 is 5.11 Å². The Bertz CT molecular complexity index is 473. The molecule has 1 aromatic heterocycles. The summed E-state index contributed by atoms with van der Waals surface area (Å²) in [4.78, 5) is 4.88. The van der Waals surface area contributed by atoms with Gasteiger partial charge in [0.2, 0.25) is 0 Å². The second-order valence-corrected chi connectivity index (χ2v) is 4.70. The van der Waals surface area contributed by atoms with Gasteiger partial charge in [0.25, 0.3) is 0 Å². The molecule has 0 aliphatic rings. The van der Waals surface area contributed by atoms with Gasteiger partial charge in [-0.2, -0.15) is 5.10 Å². The number of hydrogen-bond donors (Lipinski definition) is 2. The first-order chi connectivity index (χ1) is 7.66. The molecule has 0 radical (unpaired) electrons. The Balaban J connectivity index is 2.23. The van der Waals surface area contributed by atoms with Gasteiger partial charge in [-0.3, -0.25) is 5.10 Å². The minimum absolute atomic E-state index is 0.512. The molecule has 1 atom stereocenters. The summed E-state index contributed by atoms with van der Waals surface area (Å²) in [7, 11) is 0. The smallest absolute Gasteiger partial charge is 0.188 e. The summed E-state index contributed by atoms with van der Waals surface area (Å²) < 4.78 is 0. The first-order valence-corrected chi connectivity index (χ1v) is 5.87. The number of aliphatic hydroxyl groups excluding tert-OH is 1. The number of halogens is 1. The Morgan fingerprint density at radius 1 is 1.50 bits per heavy atom. The van der Waals surface area contributed by atoms with Gasteiger partial charge in [-0.1, -0.05) is 17.7 Å². The zero-order chi connectivity index (χ0) is 11.5. The quantitative estimate of drug-likeness (QED) is 0.885. The van der Waals surface area contributed by atoms with Crippen LogP contribution in [0.2, 0.25) is 5.02 Å². The third-order valence-corrected chi connectivity index (χ3v) is 3.43. The van der Waals surface area contributed by atoms with E-state index in [0.717, 1.165) is 10.5 Å². The van der Waals surface area contributed by atoms with Crippen LogP contribution in [0.5, 0.6) is 0 Å². The van der Waals surface area contributed by atoms with E-state index >= 15 is 0 Å². The van der Waals surface area contributed by atoms with Gasteiger partial charge in [0.05, 0.1) is 11.1 Å². The topological polar surface area (TPSA) is 61.8 Å². The van der Waals surface area contributed by atoms with Crippen LogP contribution >= 0.6 is 23.4 Å². The van der Waals surface area contributed by atoms with E-state index in [1.807, 2.05) is 12.1 Å². The van der Waals surface area contributed by atoms with Gasteiger partial charge >= 0.3 is 0 Å². The van der Waals surface area contributed by atoms with E-state index < -0.39 is 6.10 Å². The molecule has 0 amide bonds. The highest BCUT2D eigenvalue weighted by molar-refractivity contribution is 7.99. The molecule has 0 saturated carbocycles. The van der Waals surface area contributed by atoms with Crippen LogP contribution in [0.1, 0.15) is 18.6 Å². The molecule has 84 valence electrons. The maximum absolute atomic E-state index is 9.40. The third-order valence-electron chi connectivity index (χ3n) is 2.04. The van der Waals surface area contributed by atoms with Crippen LogP contribution in [0.25, 0.3) is 0 Å². The Labute approximate surface area is 102 Å². The summed E-state index contributed by atoms with van der Waals surface area (Å²) in [5.74, 6) is 0. The van der Waals surface area contributed by atoms with E-state index in [0.29, 0.717) is 10.2 Å². The standard InChI is InChI=1S/C10H10ClN3OS/c1-6(15)7-2-3-9(8(11)4-7)16-10-12-5-13-14-10/h2-6,15H,1H3,(H,12,13,14)/t6-/m1/s1. The summed E-state index contributed by atoms with van der Waals surface area (Å²) in [6, 6.07) is 5.46. The van der Waals surface area contributed by atoms with Crippen LogP contribution in [0.15, 0.2) is 34.6 Å². The van der Waals surface area contributed by atoms with E-state index in [-0.39, 0.29) is 0 Å². The van der Waals surface area contributed by atoms with E-state index in [1.165, 1.54) is 18.1 Å². The van der Waals surface area contributed by atoms with Gasteiger partial charge < -0.3 is 5.11 Å². The van der Waals surface area contributed by atoms with Crippen molar-refractivity contribution in [2.45, 2.75) is 23.1 Å². The molecular formula is C10H10ClN3OS. The molecule has 6 heteroatoms. The van der Waals surface area contributed by atoms with E-state index in [1.54, 1.807) is 13.0 Å². The van der Waals surface area contributed by atoms with Crippen molar-refractivity contribution in [3.63, 3.8) is 0 Å². The number of hydrogen-bond acceptors (Lipinski definition) is 4. The summed E-state index contributed by atoms with van der Waals surface area (Å²) >= 11 is 7.49. The van der Waals surface area contributed by atoms with Crippen molar-refractivity contribution >= 4 is 23.4 Å². The van der Waals surface area contributed by atoms with Crippen LogP contribution in [-0.4, -0.2) is 20.3 Å². The Morgan fingerprint density at radius 2 is 2.31 bits per heavy atom. The average molecular weight is 256 g/mol. The number of aromatic nitrogens is 3. The highest BCUT2D eigenvalue weighted by atomic mass is 35.5. The molecule has 0 unspecified atom stereocenters. The van der Waals surface area contributed by atoms with Crippen molar-refractivity contribution in [3.8, 4) is 0 Å². The van der Waals surface area contributed by atoms with Crippen molar-refractivity contribution in [1.82, 2.24) is 15.2 Å². The lowest BCUT2D eigenvalue weighted by Crippen LogP contribution is -1.90. The predicted molar refractivity (Wildman–Crippen MR) is 62.6 cm³/mol. The molecule has 2 rings (SSSR count). The fraction of sp³-hybridized carbons (Fsp3) is 0.200. The number of H-pyrrole nitrogens is 1. The normalized spacial score (nSPS) is 12.7. The minimum Gasteiger partial charge on any atom is -0.389 e. The second kappa shape index (κ2) is 4.86. The van der Waals surface area contributed by atoms with Crippen molar-refractivity contribution in [2.75, 3.05) is 0 Å². The molecule has 2 aromatic rings. The lowest BCUT2D eigenvalue weighted by molar-refractivity contribution is 0.199. The number of aliphatic hydroxyl groups is 1. The van der Waals surface area contributed by atoms with Gasteiger partial charge in [-0.15, -0.1) is 0 Å². The monoisotopic (exact) mass is 255 g/mol. The van der Waals surface area contributed by atoms with E-state index in [9.17, 15) is 5.11 Å². The van der Waals surface area contributed by atoms with Crippen molar-refractivity contribution in [3.05, 3.63) is 35.1 Å². The SMILES string of the molecule is C[C@@H](O)c1ccc(Sc2ncn[nH]2)c(Cl)c1. The largest absolute Gasteiger partial charge is 0.389 e. The van der Waals surface area contributed by atoms with Gasteiger partial charge in [0.1, 0.15) is 6.33 Å². The molecule has 0 aliphatic heterocycles. The maximum atomic E-state index is 9.40. The van der Waals surface area contributed by atoms with Crippen LogP contribution in [0.4, 0.5) is 0 Å². The van der Waals surface area contributed by atoms with E-state index in [4.69, 9.17) is 11.6 Å². The lowest BCUT2D eigenvalue weighted by Gasteiger charge is -2.07. The maximum Gasteiger partial charge on any atom is 0.188 e. The molecule has 4 nitrogen and oxygen atoms in total. The van der Waals surface area contributed by atoms with Gasteiger partial charge in [0, 0.05) is 4.90 Å². The summed E-state index contributed by atoms with van der Waals surface area (Å²) in [5, 5.41) is 17.2. The molecule has 2 N–H and O–H groups in total. The number of nitrogens with zero attached hydrogens (tertiary/aromatic N) is 2. The molecule has 0 bridgehead atoms. The lowest BCUT2D eigenvalue weighted by atomic mass is 10.1. The summed E-state index contributed by atoms with van der Waals surface area (Å²) in [6.07, 6.45) is 0.933. The van der Waals surface area contributed by atoms with E-state index in [2.05, 4.69) is 15.2 Å². The Morgan fingerprint density at radius 3 is 2.88 bits per heavy atom. The molecule has 0 aliphatic carbocycles. The molecule has 0 saturated heterocycles. The Kier molecular flexibility index (Phi) is 3.48. The molecule has 1 aromatic carbocycles. The summed E-state index contributed by atoms with van der Waals surface area (Å²) in [5.41, 5.74) is 0.798. The van der Waals surface area contributed by atoms with Gasteiger partial charge in [-0.25, -0.2) is 4.98 Å². The Hall–Kier alpha value is -1.04. The van der Waals surface area contributed by atoms with Crippen LogP contribution in [-0.2, 0) is 0 Å². The fourth-order valence-corrected chi connectivity index (χ4v) is 2.21. The molecule has 16 heavy (non-hydrogen) atoms. The third kappa shape index (κ3) is 2.55. The van der Waals surface area contributed by atoms with Crippen LogP contribution in [0, 0.1) is 0 Å². The first-order valence-electron chi connectivity index (χ1n) is 4.67. The molecule has 0 spiro atoms. The highest BCUT2D eigenvalue weighted by Crippen LogP contribution is 2.32. The molecule has 0 fully saturated rings. The van der Waals surface area contributed by atoms with Crippen LogP contribution < -0.4 is 0 Å². The van der Waals surface area contributed by atoms with Crippen molar-refractivity contribution in [1.29, 1.82) is 0 Å². The number of rotatable bonds is 3. The number of benzene rings is 1. The van der Waals surface area contributed by atoms with Gasteiger partial charge in [-0.05, 0) is 36.4 Å². The highest BCUT2D eigenvalue weighted by Gasteiger charge is 2.08. The summed E-state index contributed by atoms with van der Waals surface area (Å²) in [6.45, 7) is 1.70. The average Bonchev–Trinajstić information content (AvgIpc) is 2.73. The fourth-order valence-electron chi connectivity index (χ4n) is 1.21. The molecular weight excluding hydrogens is 246 g/mol. The zero-order valence-electron chi connectivity index (χ0n) is 8.51. The number of aromatic amines is 1. The number of nitrogens with one attached hydrogen (secondary N) is 1. The minimum atomic E-state index is -0.512.